The van der Waals surface area contributed by atoms with Crippen molar-refractivity contribution >= 4 is 12.1 Å². The van der Waals surface area contributed by atoms with E-state index in [0.717, 1.165) is 23.4 Å². The molecular weight excluding hydrogens is 343 g/mol. The molecule has 1 aromatic heterocycles. The van der Waals surface area contributed by atoms with E-state index in [9.17, 15) is 9.18 Å². The summed E-state index contributed by atoms with van der Waals surface area (Å²) in [5, 5.41) is 11.4. The first kappa shape index (κ1) is 16.7. The van der Waals surface area contributed by atoms with Gasteiger partial charge in [-0.2, -0.15) is 10.2 Å². The number of halogens is 1. The zero-order chi connectivity index (χ0) is 18.4. The molecule has 2 aromatic rings. The van der Waals surface area contributed by atoms with Crippen LogP contribution in [0, 0.1) is 23.6 Å². The number of hydrogen-bond acceptors (Lipinski definition) is 3. The van der Waals surface area contributed by atoms with Crippen LogP contribution < -0.4 is 5.43 Å². The molecule has 0 atom stereocenters. The lowest BCUT2D eigenvalue weighted by atomic mass is 9.49. The lowest BCUT2D eigenvalue weighted by Gasteiger charge is -2.56. The zero-order valence-electron chi connectivity index (χ0n) is 15.1. The fraction of sp³-hybridized carbons (Fsp3) is 0.476. The minimum atomic E-state index is -0.333. The van der Waals surface area contributed by atoms with Crippen LogP contribution in [-0.2, 0) is 5.41 Å². The highest BCUT2D eigenvalue weighted by Crippen LogP contribution is 2.60. The highest BCUT2D eigenvalue weighted by atomic mass is 19.1. The Morgan fingerprint density at radius 1 is 1.15 bits per heavy atom. The van der Waals surface area contributed by atoms with E-state index in [1.54, 1.807) is 12.1 Å². The fourth-order valence-corrected chi connectivity index (χ4v) is 5.92. The summed E-state index contributed by atoms with van der Waals surface area (Å²) in [7, 11) is 0. The van der Waals surface area contributed by atoms with Crippen molar-refractivity contribution in [2.75, 3.05) is 0 Å². The van der Waals surface area contributed by atoms with E-state index in [1.807, 2.05) is 6.07 Å². The summed E-state index contributed by atoms with van der Waals surface area (Å²) < 4.78 is 12.9. The Morgan fingerprint density at radius 2 is 1.78 bits per heavy atom. The van der Waals surface area contributed by atoms with Gasteiger partial charge in [-0.25, -0.2) is 9.82 Å². The first-order chi connectivity index (χ1) is 13.1. The molecule has 6 rings (SSSR count). The molecule has 0 unspecified atom stereocenters. The molecule has 2 N–H and O–H groups in total. The molecule has 5 nitrogen and oxygen atoms in total. The van der Waals surface area contributed by atoms with Crippen molar-refractivity contribution in [2.45, 2.75) is 43.9 Å². The number of hydrazone groups is 1. The van der Waals surface area contributed by atoms with Gasteiger partial charge in [-0.1, -0.05) is 12.1 Å². The van der Waals surface area contributed by atoms with Gasteiger partial charge in [-0.3, -0.25) is 9.89 Å². The zero-order valence-corrected chi connectivity index (χ0v) is 15.1. The summed E-state index contributed by atoms with van der Waals surface area (Å²) in [6.45, 7) is 0. The third-order valence-electron chi connectivity index (χ3n) is 6.67. The van der Waals surface area contributed by atoms with Crippen molar-refractivity contribution in [2.24, 2.45) is 22.9 Å². The number of aromatic nitrogens is 2. The number of rotatable bonds is 4. The number of aromatic amines is 1. The molecule has 1 amide bonds. The number of benzene rings is 1. The Balaban J connectivity index is 1.28. The first-order valence-corrected chi connectivity index (χ1v) is 9.74. The van der Waals surface area contributed by atoms with Crippen molar-refractivity contribution in [3.63, 3.8) is 0 Å². The van der Waals surface area contributed by atoms with E-state index in [2.05, 4.69) is 20.7 Å². The number of amides is 1. The lowest BCUT2D eigenvalue weighted by molar-refractivity contribution is -0.00721. The second kappa shape index (κ2) is 6.29. The molecule has 4 aliphatic carbocycles. The molecule has 4 aliphatic rings. The summed E-state index contributed by atoms with van der Waals surface area (Å²) in [5.74, 6) is 1.90. The minimum Gasteiger partial charge on any atom is -0.281 e. The molecular formula is C21H23FN4O. The topological polar surface area (TPSA) is 70.1 Å². The van der Waals surface area contributed by atoms with Crippen LogP contribution in [0.1, 0.15) is 60.3 Å². The van der Waals surface area contributed by atoms with Gasteiger partial charge >= 0.3 is 0 Å². The second-order valence-corrected chi connectivity index (χ2v) is 8.62. The Labute approximate surface area is 157 Å². The van der Waals surface area contributed by atoms with Crippen LogP contribution in [0.5, 0.6) is 0 Å². The molecule has 140 valence electrons. The second-order valence-electron chi connectivity index (χ2n) is 8.62. The fourth-order valence-electron chi connectivity index (χ4n) is 5.92. The highest BCUT2D eigenvalue weighted by Gasteiger charge is 2.52. The number of carbonyl (C=O) groups excluding carboxylic acids is 1. The van der Waals surface area contributed by atoms with Gasteiger partial charge in [-0.05, 0) is 80.0 Å². The standard InChI is InChI=1S/C21H23FN4O/c22-17-3-1-13(2-4-17)12-23-26-20(27)18-8-19(25-24-18)21-9-14-5-15(10-21)7-16(6-14)11-21/h1-4,8,12,14-16H,5-7,9-11H2,(H,24,25)(H,26,27)/b23-12+. The molecule has 6 heteroatoms. The van der Waals surface area contributed by atoms with Crippen LogP contribution in [0.4, 0.5) is 4.39 Å². The lowest BCUT2D eigenvalue weighted by Crippen LogP contribution is -2.48. The summed E-state index contributed by atoms with van der Waals surface area (Å²) in [5.41, 5.74) is 4.90. The van der Waals surface area contributed by atoms with Gasteiger partial charge in [0.15, 0.2) is 5.69 Å². The third-order valence-corrected chi connectivity index (χ3v) is 6.67. The Bertz CT molecular complexity index is 851. The van der Waals surface area contributed by atoms with Gasteiger partial charge < -0.3 is 0 Å². The van der Waals surface area contributed by atoms with Crippen LogP contribution in [0.25, 0.3) is 0 Å². The van der Waals surface area contributed by atoms with Gasteiger partial charge in [0.2, 0.25) is 0 Å². The van der Waals surface area contributed by atoms with Crippen LogP contribution >= 0.6 is 0 Å². The van der Waals surface area contributed by atoms with Crippen molar-refractivity contribution in [1.82, 2.24) is 15.6 Å². The minimum absolute atomic E-state index is 0.192. The third kappa shape index (κ3) is 3.07. The molecule has 4 bridgehead atoms. The van der Waals surface area contributed by atoms with E-state index in [1.165, 1.54) is 56.9 Å². The maximum absolute atomic E-state index is 12.9. The Morgan fingerprint density at radius 3 is 2.41 bits per heavy atom. The summed E-state index contributed by atoms with van der Waals surface area (Å²) in [4.78, 5) is 12.4. The highest BCUT2D eigenvalue weighted by molar-refractivity contribution is 5.93. The first-order valence-electron chi connectivity index (χ1n) is 9.74. The summed E-state index contributed by atoms with van der Waals surface area (Å²) in [6.07, 6.45) is 9.33. The number of hydrogen-bond donors (Lipinski definition) is 2. The van der Waals surface area contributed by atoms with Gasteiger partial charge in [0.1, 0.15) is 5.82 Å². The summed E-state index contributed by atoms with van der Waals surface area (Å²) >= 11 is 0. The largest absolute Gasteiger partial charge is 0.291 e. The van der Waals surface area contributed by atoms with E-state index in [-0.39, 0.29) is 17.1 Å². The molecule has 1 aromatic carbocycles. The molecule has 4 saturated carbocycles. The Kier molecular flexibility index (Phi) is 3.88. The monoisotopic (exact) mass is 366 g/mol. The number of carbonyl (C=O) groups is 1. The molecule has 0 radical (unpaired) electrons. The van der Waals surface area contributed by atoms with E-state index in [4.69, 9.17) is 0 Å². The van der Waals surface area contributed by atoms with E-state index >= 15 is 0 Å². The van der Waals surface area contributed by atoms with Gasteiger partial charge in [0.25, 0.3) is 5.91 Å². The average Bonchev–Trinajstić information content (AvgIpc) is 3.13. The number of nitrogens with one attached hydrogen (secondary N) is 2. The predicted octanol–water partition coefficient (Wildman–Crippen LogP) is 3.78. The molecule has 0 aliphatic heterocycles. The SMILES string of the molecule is O=C(N/N=C/c1ccc(F)cc1)c1cc(C23CC4CC(CC(C4)C2)C3)[nH]n1. The van der Waals surface area contributed by atoms with Crippen LogP contribution in [0.3, 0.4) is 0 Å². The molecule has 0 spiro atoms. The molecule has 4 fully saturated rings. The number of H-pyrrole nitrogens is 1. The molecule has 0 saturated heterocycles. The maximum atomic E-state index is 12.9. The van der Waals surface area contributed by atoms with Gasteiger partial charge in [0, 0.05) is 11.1 Å². The molecule has 27 heavy (non-hydrogen) atoms. The quantitative estimate of drug-likeness (QED) is 0.639. The number of nitrogens with zero attached hydrogens (tertiary/aromatic N) is 2. The summed E-state index contributed by atoms with van der Waals surface area (Å²) in [6, 6.07) is 7.83. The van der Waals surface area contributed by atoms with Crippen molar-refractivity contribution in [3.05, 3.63) is 53.1 Å². The smallest absolute Gasteiger partial charge is 0.281 e. The van der Waals surface area contributed by atoms with Crippen molar-refractivity contribution in [3.8, 4) is 0 Å². The van der Waals surface area contributed by atoms with Crippen LogP contribution in [0.15, 0.2) is 35.4 Å². The maximum Gasteiger partial charge on any atom is 0.291 e. The van der Waals surface area contributed by atoms with Gasteiger partial charge in [-0.15, -0.1) is 0 Å². The molecule has 1 heterocycles. The normalized spacial score (nSPS) is 31.5. The van der Waals surface area contributed by atoms with Crippen molar-refractivity contribution in [1.29, 1.82) is 0 Å². The Hall–Kier alpha value is -2.50. The van der Waals surface area contributed by atoms with Crippen LogP contribution in [-0.4, -0.2) is 22.3 Å². The average molecular weight is 366 g/mol. The van der Waals surface area contributed by atoms with Crippen LogP contribution in [0.2, 0.25) is 0 Å². The van der Waals surface area contributed by atoms with E-state index < -0.39 is 0 Å². The van der Waals surface area contributed by atoms with Crippen molar-refractivity contribution < 1.29 is 9.18 Å². The van der Waals surface area contributed by atoms with E-state index in [0.29, 0.717) is 11.3 Å². The predicted molar refractivity (Wildman–Crippen MR) is 99.9 cm³/mol. The van der Waals surface area contributed by atoms with Gasteiger partial charge in [0.05, 0.1) is 6.21 Å².